The maximum Gasteiger partial charge on any atom is 0.257 e. The molecule has 6 heteroatoms. The van der Waals surface area contributed by atoms with Crippen molar-refractivity contribution in [3.05, 3.63) is 29.8 Å². The topological polar surface area (TPSA) is 74.2 Å². The van der Waals surface area contributed by atoms with Gasteiger partial charge in [-0.25, -0.2) is 4.39 Å². The van der Waals surface area contributed by atoms with Crippen LogP contribution >= 0.6 is 0 Å². The average Bonchev–Trinajstić information content (AvgIpc) is 2.91. The van der Waals surface area contributed by atoms with E-state index in [1.165, 1.54) is 18.6 Å². The van der Waals surface area contributed by atoms with Crippen molar-refractivity contribution in [3.63, 3.8) is 0 Å². The zero-order chi connectivity index (χ0) is 13.9. The van der Waals surface area contributed by atoms with Crippen molar-refractivity contribution in [1.82, 2.24) is 10.1 Å². The van der Waals surface area contributed by atoms with Crippen molar-refractivity contribution in [3.8, 4) is 11.5 Å². The van der Waals surface area contributed by atoms with E-state index in [4.69, 9.17) is 15.0 Å². The van der Waals surface area contributed by atoms with Crippen LogP contribution in [0, 0.1) is 5.82 Å². The molecular formula is C14H16FN3O2. The van der Waals surface area contributed by atoms with Crippen molar-refractivity contribution in [2.45, 2.75) is 31.8 Å². The van der Waals surface area contributed by atoms with Crippen molar-refractivity contribution >= 4 is 5.69 Å². The molecule has 2 heterocycles. The summed E-state index contributed by atoms with van der Waals surface area (Å²) in [4.78, 5) is 4.31. The Kier molecular flexibility index (Phi) is 3.64. The zero-order valence-corrected chi connectivity index (χ0v) is 11.0. The molecule has 0 bridgehead atoms. The van der Waals surface area contributed by atoms with Gasteiger partial charge < -0.3 is 15.0 Å². The molecule has 1 unspecified atom stereocenters. The molecule has 1 atom stereocenters. The van der Waals surface area contributed by atoms with Gasteiger partial charge in [-0.1, -0.05) is 5.16 Å². The molecule has 106 valence electrons. The molecular weight excluding hydrogens is 261 g/mol. The highest BCUT2D eigenvalue weighted by Crippen LogP contribution is 2.23. The van der Waals surface area contributed by atoms with E-state index in [0.717, 1.165) is 19.4 Å². The monoisotopic (exact) mass is 277 g/mol. The standard InChI is InChI=1S/C14H16FN3O2/c15-11-5-4-9(7-12(11)16)14-17-13(18-20-14)8-10-3-1-2-6-19-10/h4-5,7,10H,1-3,6,8,16H2. The van der Waals surface area contributed by atoms with E-state index in [-0.39, 0.29) is 11.8 Å². The zero-order valence-electron chi connectivity index (χ0n) is 11.0. The van der Waals surface area contributed by atoms with Gasteiger partial charge in [0.15, 0.2) is 5.82 Å². The normalized spacial score (nSPS) is 19.1. The fourth-order valence-corrected chi connectivity index (χ4v) is 2.30. The number of nitrogens with zero attached hydrogens (tertiary/aromatic N) is 2. The summed E-state index contributed by atoms with van der Waals surface area (Å²) in [6.07, 6.45) is 4.10. The molecule has 0 saturated carbocycles. The predicted octanol–water partition coefficient (Wildman–Crippen LogP) is 2.57. The molecule has 20 heavy (non-hydrogen) atoms. The lowest BCUT2D eigenvalue weighted by Gasteiger charge is -2.20. The third kappa shape index (κ3) is 2.80. The van der Waals surface area contributed by atoms with Gasteiger partial charge in [0.1, 0.15) is 5.82 Å². The van der Waals surface area contributed by atoms with E-state index in [1.54, 1.807) is 6.07 Å². The molecule has 2 aromatic rings. The highest BCUT2D eigenvalue weighted by Gasteiger charge is 2.18. The summed E-state index contributed by atoms with van der Waals surface area (Å²) < 4.78 is 24.0. The number of nitrogen functional groups attached to an aromatic ring is 1. The second-order valence-corrected chi connectivity index (χ2v) is 4.94. The first-order valence-electron chi connectivity index (χ1n) is 6.72. The molecule has 0 amide bonds. The minimum Gasteiger partial charge on any atom is -0.396 e. The summed E-state index contributed by atoms with van der Waals surface area (Å²) in [5.41, 5.74) is 6.21. The van der Waals surface area contributed by atoms with Crippen LogP contribution in [-0.2, 0) is 11.2 Å². The third-order valence-corrected chi connectivity index (χ3v) is 3.40. The summed E-state index contributed by atoms with van der Waals surface area (Å²) in [6.45, 7) is 0.796. The Morgan fingerprint density at radius 3 is 3.00 bits per heavy atom. The average molecular weight is 277 g/mol. The van der Waals surface area contributed by atoms with E-state index >= 15 is 0 Å². The first kappa shape index (κ1) is 13.1. The summed E-state index contributed by atoms with van der Waals surface area (Å²) in [6, 6.07) is 4.35. The second-order valence-electron chi connectivity index (χ2n) is 4.94. The summed E-state index contributed by atoms with van der Waals surface area (Å²) >= 11 is 0. The van der Waals surface area contributed by atoms with Crippen LogP contribution in [0.3, 0.4) is 0 Å². The Hall–Kier alpha value is -1.95. The number of halogens is 1. The minimum atomic E-state index is -0.455. The fraction of sp³-hybridized carbons (Fsp3) is 0.429. The van der Waals surface area contributed by atoms with Gasteiger partial charge in [-0.2, -0.15) is 4.98 Å². The van der Waals surface area contributed by atoms with Crippen LogP contribution in [0.4, 0.5) is 10.1 Å². The van der Waals surface area contributed by atoms with Crippen LogP contribution < -0.4 is 5.73 Å². The van der Waals surface area contributed by atoms with Gasteiger partial charge in [-0.3, -0.25) is 0 Å². The van der Waals surface area contributed by atoms with Gasteiger partial charge in [-0.15, -0.1) is 0 Å². The van der Waals surface area contributed by atoms with Gasteiger partial charge in [-0.05, 0) is 37.5 Å². The van der Waals surface area contributed by atoms with Crippen molar-refractivity contribution in [2.75, 3.05) is 12.3 Å². The maximum absolute atomic E-state index is 13.1. The van der Waals surface area contributed by atoms with Gasteiger partial charge in [0.25, 0.3) is 5.89 Å². The molecule has 1 saturated heterocycles. The minimum absolute atomic E-state index is 0.0675. The molecule has 0 radical (unpaired) electrons. The molecule has 1 aromatic heterocycles. The quantitative estimate of drug-likeness (QED) is 0.873. The van der Waals surface area contributed by atoms with Crippen LogP contribution in [0.5, 0.6) is 0 Å². The van der Waals surface area contributed by atoms with Gasteiger partial charge >= 0.3 is 0 Å². The number of nitrogens with two attached hydrogens (primary N) is 1. The lowest BCUT2D eigenvalue weighted by molar-refractivity contribution is 0.0153. The van der Waals surface area contributed by atoms with Crippen LogP contribution in [0.2, 0.25) is 0 Å². The van der Waals surface area contributed by atoms with E-state index < -0.39 is 5.82 Å². The van der Waals surface area contributed by atoms with Gasteiger partial charge in [0.2, 0.25) is 0 Å². The Balaban J connectivity index is 1.73. The molecule has 1 fully saturated rings. The van der Waals surface area contributed by atoms with E-state index in [0.29, 0.717) is 23.7 Å². The summed E-state index contributed by atoms with van der Waals surface area (Å²) in [7, 11) is 0. The fourth-order valence-electron chi connectivity index (χ4n) is 2.30. The number of anilines is 1. The van der Waals surface area contributed by atoms with E-state index in [2.05, 4.69) is 10.1 Å². The maximum atomic E-state index is 13.1. The highest BCUT2D eigenvalue weighted by molar-refractivity contribution is 5.60. The molecule has 2 N–H and O–H groups in total. The predicted molar refractivity (Wildman–Crippen MR) is 71.4 cm³/mol. The first-order valence-corrected chi connectivity index (χ1v) is 6.72. The highest BCUT2D eigenvalue weighted by atomic mass is 19.1. The molecule has 0 spiro atoms. The van der Waals surface area contributed by atoms with E-state index in [9.17, 15) is 4.39 Å². The number of hydrogen-bond acceptors (Lipinski definition) is 5. The number of rotatable bonds is 3. The largest absolute Gasteiger partial charge is 0.396 e. The van der Waals surface area contributed by atoms with Crippen molar-refractivity contribution < 1.29 is 13.7 Å². The Bertz CT molecular complexity index is 594. The van der Waals surface area contributed by atoms with E-state index in [1.807, 2.05) is 0 Å². The Morgan fingerprint density at radius 1 is 1.35 bits per heavy atom. The number of benzene rings is 1. The van der Waals surface area contributed by atoms with Crippen molar-refractivity contribution in [1.29, 1.82) is 0 Å². The van der Waals surface area contributed by atoms with Crippen LogP contribution in [0.25, 0.3) is 11.5 Å². The molecule has 1 aliphatic rings. The molecule has 1 aromatic carbocycles. The Labute approximate surface area is 115 Å². The van der Waals surface area contributed by atoms with Gasteiger partial charge in [0.05, 0.1) is 11.8 Å². The Morgan fingerprint density at radius 2 is 2.25 bits per heavy atom. The molecule has 5 nitrogen and oxygen atoms in total. The molecule has 1 aliphatic heterocycles. The number of hydrogen-bond donors (Lipinski definition) is 1. The smallest absolute Gasteiger partial charge is 0.257 e. The number of aromatic nitrogens is 2. The lowest BCUT2D eigenvalue weighted by atomic mass is 10.1. The van der Waals surface area contributed by atoms with Crippen LogP contribution in [0.1, 0.15) is 25.1 Å². The van der Waals surface area contributed by atoms with Crippen molar-refractivity contribution in [2.24, 2.45) is 0 Å². The summed E-state index contributed by atoms with van der Waals surface area (Å²) in [5, 5.41) is 3.94. The van der Waals surface area contributed by atoms with Crippen LogP contribution in [0.15, 0.2) is 22.7 Å². The molecule has 0 aliphatic carbocycles. The number of ether oxygens (including phenoxy) is 1. The molecule has 3 rings (SSSR count). The first-order chi connectivity index (χ1) is 9.72. The lowest BCUT2D eigenvalue weighted by Crippen LogP contribution is -2.21. The second kappa shape index (κ2) is 5.58. The third-order valence-electron chi connectivity index (χ3n) is 3.40. The van der Waals surface area contributed by atoms with Crippen LogP contribution in [-0.4, -0.2) is 22.9 Å². The SMILES string of the molecule is Nc1cc(-c2nc(CC3CCCCO3)no2)ccc1F. The van der Waals surface area contributed by atoms with Gasteiger partial charge in [0, 0.05) is 18.6 Å². The summed E-state index contributed by atoms with van der Waals surface area (Å²) in [5.74, 6) is 0.501.